The lowest BCUT2D eigenvalue weighted by Crippen LogP contribution is -2.45. The van der Waals surface area contributed by atoms with Crippen molar-refractivity contribution < 1.29 is 9.13 Å². The van der Waals surface area contributed by atoms with Gasteiger partial charge in [0.05, 0.1) is 12.2 Å². The average molecular weight is 286 g/mol. The van der Waals surface area contributed by atoms with E-state index in [0.29, 0.717) is 6.61 Å². The molecule has 112 valence electrons. The first kappa shape index (κ1) is 14.5. The molecule has 1 nitrogen and oxygen atoms in total. The summed E-state index contributed by atoms with van der Waals surface area (Å²) in [6, 6.07) is 6.78. The molecule has 2 heteroatoms. The summed E-state index contributed by atoms with van der Waals surface area (Å²) < 4.78 is 19.6. The van der Waals surface area contributed by atoms with Gasteiger partial charge in [0.2, 0.25) is 0 Å². The lowest BCUT2D eigenvalue weighted by atomic mass is 9.69. The summed E-state index contributed by atoms with van der Waals surface area (Å²) in [5.41, 5.74) is 3.32. The van der Waals surface area contributed by atoms with Gasteiger partial charge in [-0.2, -0.15) is 0 Å². The summed E-state index contributed by atoms with van der Waals surface area (Å²) in [6.45, 7) is 9.36. The fourth-order valence-electron chi connectivity index (χ4n) is 3.35. The molecule has 0 amide bonds. The fourth-order valence-corrected chi connectivity index (χ4v) is 3.35. The fraction of sp³-hybridized carbons (Fsp3) is 0.474. The summed E-state index contributed by atoms with van der Waals surface area (Å²) in [4.78, 5) is 0. The van der Waals surface area contributed by atoms with Gasteiger partial charge >= 0.3 is 0 Å². The molecule has 1 aliphatic heterocycles. The zero-order valence-corrected chi connectivity index (χ0v) is 12.9. The summed E-state index contributed by atoms with van der Waals surface area (Å²) in [6.07, 6.45) is 6.35. The van der Waals surface area contributed by atoms with Gasteiger partial charge in [0.15, 0.2) is 0 Å². The lowest BCUT2D eigenvalue weighted by Gasteiger charge is -2.48. The SMILES string of the molecule is C=C1CC2(CCCC=C2c2ccc(F)cc2)OCC1(C)C. The van der Waals surface area contributed by atoms with E-state index >= 15 is 0 Å². The predicted molar refractivity (Wildman–Crippen MR) is 84.4 cm³/mol. The number of allylic oxidation sites excluding steroid dienone is 1. The maximum atomic E-state index is 13.2. The normalized spacial score (nSPS) is 28.5. The number of halogens is 1. The molecule has 0 radical (unpaired) electrons. The smallest absolute Gasteiger partial charge is 0.123 e. The molecule has 2 aliphatic rings. The standard InChI is InChI=1S/C19H23FO/c1-14-12-19(21-13-18(14,2)3)11-5-4-6-17(19)15-7-9-16(20)10-8-15/h6-10H,1,4-5,11-13H2,2-3H3. The van der Waals surface area contributed by atoms with Gasteiger partial charge in [-0.05, 0) is 42.5 Å². The highest BCUT2D eigenvalue weighted by molar-refractivity contribution is 5.73. The Hall–Kier alpha value is -1.41. The van der Waals surface area contributed by atoms with Crippen LogP contribution in [0.2, 0.25) is 0 Å². The van der Waals surface area contributed by atoms with Crippen molar-refractivity contribution in [2.24, 2.45) is 5.41 Å². The first-order chi connectivity index (χ1) is 9.93. The molecule has 0 N–H and O–H groups in total. The minimum Gasteiger partial charge on any atom is -0.369 e. The molecule has 1 unspecified atom stereocenters. The van der Waals surface area contributed by atoms with Gasteiger partial charge in [0, 0.05) is 11.8 Å². The Morgan fingerprint density at radius 2 is 1.90 bits per heavy atom. The van der Waals surface area contributed by atoms with E-state index in [2.05, 4.69) is 26.5 Å². The summed E-state index contributed by atoms with van der Waals surface area (Å²) >= 11 is 0. The molecular formula is C19H23FO. The average Bonchev–Trinajstić information content (AvgIpc) is 2.46. The molecule has 1 heterocycles. The predicted octanol–water partition coefficient (Wildman–Crippen LogP) is 5.13. The van der Waals surface area contributed by atoms with Gasteiger partial charge in [-0.3, -0.25) is 0 Å². The van der Waals surface area contributed by atoms with Crippen LogP contribution in [-0.4, -0.2) is 12.2 Å². The first-order valence-electron chi connectivity index (χ1n) is 7.72. The third kappa shape index (κ3) is 2.57. The van der Waals surface area contributed by atoms with Crippen molar-refractivity contribution in [2.45, 2.75) is 45.1 Å². The van der Waals surface area contributed by atoms with Crippen molar-refractivity contribution in [1.29, 1.82) is 0 Å². The first-order valence-corrected chi connectivity index (χ1v) is 7.72. The Morgan fingerprint density at radius 3 is 2.57 bits per heavy atom. The van der Waals surface area contributed by atoms with E-state index in [1.54, 1.807) is 0 Å². The van der Waals surface area contributed by atoms with E-state index in [0.717, 1.165) is 31.2 Å². The molecule has 1 aromatic rings. The van der Waals surface area contributed by atoms with E-state index in [1.165, 1.54) is 23.3 Å². The van der Waals surface area contributed by atoms with Gasteiger partial charge in [0.25, 0.3) is 0 Å². The van der Waals surface area contributed by atoms with E-state index in [4.69, 9.17) is 4.74 Å². The molecule has 1 atom stereocenters. The van der Waals surface area contributed by atoms with Crippen LogP contribution >= 0.6 is 0 Å². The molecule has 1 saturated heterocycles. The van der Waals surface area contributed by atoms with Crippen LogP contribution < -0.4 is 0 Å². The minimum absolute atomic E-state index is 0.0383. The zero-order chi connectivity index (χ0) is 15.1. The lowest BCUT2D eigenvalue weighted by molar-refractivity contribution is -0.0675. The number of hydrogen-bond donors (Lipinski definition) is 0. The topological polar surface area (TPSA) is 9.23 Å². The van der Waals surface area contributed by atoms with Gasteiger partial charge in [0.1, 0.15) is 5.82 Å². The Morgan fingerprint density at radius 1 is 1.19 bits per heavy atom. The molecule has 1 aliphatic carbocycles. The van der Waals surface area contributed by atoms with Gasteiger partial charge in [-0.1, -0.05) is 44.2 Å². The molecule has 3 rings (SSSR count). The quantitative estimate of drug-likeness (QED) is 0.650. The highest BCUT2D eigenvalue weighted by Crippen LogP contribution is 2.49. The van der Waals surface area contributed by atoms with Crippen LogP contribution in [0, 0.1) is 11.2 Å². The molecule has 1 spiro atoms. The minimum atomic E-state index is -0.261. The number of ether oxygens (including phenoxy) is 1. The van der Waals surface area contributed by atoms with Crippen molar-refractivity contribution in [3.63, 3.8) is 0 Å². The summed E-state index contributed by atoms with van der Waals surface area (Å²) in [5.74, 6) is -0.195. The molecule has 0 aromatic heterocycles. The van der Waals surface area contributed by atoms with Crippen LogP contribution in [0.25, 0.3) is 5.57 Å². The molecule has 21 heavy (non-hydrogen) atoms. The maximum Gasteiger partial charge on any atom is 0.123 e. The Labute approximate surface area is 126 Å². The van der Waals surface area contributed by atoms with Crippen LogP contribution in [0.15, 0.2) is 42.5 Å². The van der Waals surface area contributed by atoms with E-state index < -0.39 is 0 Å². The van der Waals surface area contributed by atoms with E-state index in [1.807, 2.05) is 12.1 Å². The van der Waals surface area contributed by atoms with Crippen molar-refractivity contribution >= 4 is 5.57 Å². The molecular weight excluding hydrogens is 263 g/mol. The zero-order valence-electron chi connectivity index (χ0n) is 12.9. The number of benzene rings is 1. The van der Waals surface area contributed by atoms with E-state index in [-0.39, 0.29) is 16.8 Å². The van der Waals surface area contributed by atoms with Crippen LogP contribution in [0.3, 0.4) is 0 Å². The van der Waals surface area contributed by atoms with Crippen molar-refractivity contribution in [3.8, 4) is 0 Å². The largest absolute Gasteiger partial charge is 0.369 e. The molecule has 1 aromatic carbocycles. The molecule has 1 fully saturated rings. The van der Waals surface area contributed by atoms with Crippen LogP contribution in [-0.2, 0) is 4.74 Å². The Balaban J connectivity index is 1.97. The molecule has 0 saturated carbocycles. The highest BCUT2D eigenvalue weighted by atomic mass is 19.1. The second kappa shape index (κ2) is 5.10. The summed E-state index contributed by atoms with van der Waals surface area (Å²) in [5, 5.41) is 0. The van der Waals surface area contributed by atoms with Gasteiger partial charge in [-0.15, -0.1) is 0 Å². The maximum absolute atomic E-state index is 13.2. The van der Waals surface area contributed by atoms with Crippen molar-refractivity contribution in [2.75, 3.05) is 6.61 Å². The Kier molecular flexibility index (Phi) is 3.53. The van der Waals surface area contributed by atoms with Crippen molar-refractivity contribution in [3.05, 3.63) is 53.9 Å². The van der Waals surface area contributed by atoms with Crippen LogP contribution in [0.4, 0.5) is 4.39 Å². The monoisotopic (exact) mass is 286 g/mol. The molecule has 0 bridgehead atoms. The number of rotatable bonds is 1. The third-order valence-corrected chi connectivity index (χ3v) is 4.94. The van der Waals surface area contributed by atoms with Gasteiger partial charge < -0.3 is 4.74 Å². The second-order valence-electron chi connectivity index (χ2n) is 6.96. The number of hydrogen-bond acceptors (Lipinski definition) is 1. The van der Waals surface area contributed by atoms with Crippen molar-refractivity contribution in [1.82, 2.24) is 0 Å². The second-order valence-corrected chi connectivity index (χ2v) is 6.96. The third-order valence-electron chi connectivity index (χ3n) is 4.94. The van der Waals surface area contributed by atoms with Crippen LogP contribution in [0.1, 0.15) is 45.1 Å². The Bertz CT molecular complexity index is 582. The summed E-state index contributed by atoms with van der Waals surface area (Å²) in [7, 11) is 0. The van der Waals surface area contributed by atoms with Crippen LogP contribution in [0.5, 0.6) is 0 Å². The van der Waals surface area contributed by atoms with E-state index in [9.17, 15) is 4.39 Å². The van der Waals surface area contributed by atoms with Gasteiger partial charge in [-0.25, -0.2) is 4.39 Å². The highest BCUT2D eigenvalue weighted by Gasteiger charge is 2.45.